The van der Waals surface area contributed by atoms with Crippen molar-refractivity contribution >= 4 is 17.7 Å². The number of benzene rings is 1. The van der Waals surface area contributed by atoms with E-state index >= 15 is 0 Å². The van der Waals surface area contributed by atoms with Crippen LogP contribution in [-0.4, -0.2) is 29.6 Å². The molecule has 0 saturated heterocycles. The van der Waals surface area contributed by atoms with Gasteiger partial charge in [-0.1, -0.05) is 46.8 Å². The minimum Gasteiger partial charge on any atom is -0.338 e. The van der Waals surface area contributed by atoms with Crippen molar-refractivity contribution in [1.29, 1.82) is 0 Å². The van der Waals surface area contributed by atoms with E-state index in [1.54, 1.807) is 11.8 Å². The van der Waals surface area contributed by atoms with Crippen molar-refractivity contribution in [3.05, 3.63) is 29.8 Å². The van der Waals surface area contributed by atoms with Crippen LogP contribution in [-0.2, 0) is 0 Å². The molecule has 3 heteroatoms. The highest BCUT2D eigenvalue weighted by atomic mass is 32.2. The van der Waals surface area contributed by atoms with Crippen molar-refractivity contribution < 1.29 is 4.79 Å². The largest absolute Gasteiger partial charge is 0.338 e. The normalized spacial score (nSPS) is 11.2. The summed E-state index contributed by atoms with van der Waals surface area (Å²) in [6.07, 6.45) is 0. The molecule has 0 aliphatic heterocycles. The average Bonchev–Trinajstić information content (AvgIpc) is 2.37. The lowest BCUT2D eigenvalue weighted by Crippen LogP contribution is -2.37. The molecule has 0 heterocycles. The summed E-state index contributed by atoms with van der Waals surface area (Å²) in [6.45, 7) is 12.4. The summed E-state index contributed by atoms with van der Waals surface area (Å²) < 4.78 is 0. The van der Waals surface area contributed by atoms with Gasteiger partial charge >= 0.3 is 0 Å². The molecule has 1 amide bonds. The summed E-state index contributed by atoms with van der Waals surface area (Å²) in [4.78, 5) is 15.9. The van der Waals surface area contributed by atoms with Gasteiger partial charge in [-0.05, 0) is 29.7 Å². The van der Waals surface area contributed by atoms with Crippen molar-refractivity contribution in [3.8, 4) is 0 Å². The molecular weight excluding hydrogens is 266 g/mol. The summed E-state index contributed by atoms with van der Waals surface area (Å²) in [6, 6.07) is 7.96. The SMILES string of the molecule is CCSc1ccccc1C(=O)N(CC(C)C)CC(C)C. The Morgan fingerprint density at radius 2 is 1.65 bits per heavy atom. The van der Waals surface area contributed by atoms with Gasteiger partial charge in [0.15, 0.2) is 0 Å². The van der Waals surface area contributed by atoms with Gasteiger partial charge in [0.05, 0.1) is 5.56 Å². The minimum absolute atomic E-state index is 0.170. The van der Waals surface area contributed by atoms with Gasteiger partial charge in [-0.15, -0.1) is 11.8 Å². The molecule has 0 fully saturated rings. The molecule has 0 aromatic heterocycles. The molecule has 0 aliphatic carbocycles. The molecule has 1 aromatic carbocycles. The quantitative estimate of drug-likeness (QED) is 0.687. The van der Waals surface area contributed by atoms with Gasteiger partial charge in [-0.2, -0.15) is 0 Å². The van der Waals surface area contributed by atoms with Crippen LogP contribution < -0.4 is 0 Å². The van der Waals surface area contributed by atoms with E-state index in [4.69, 9.17) is 0 Å². The van der Waals surface area contributed by atoms with E-state index in [1.165, 1.54) is 0 Å². The highest BCUT2D eigenvalue weighted by Crippen LogP contribution is 2.24. The lowest BCUT2D eigenvalue weighted by atomic mass is 10.1. The zero-order chi connectivity index (χ0) is 15.1. The fourth-order valence-electron chi connectivity index (χ4n) is 2.22. The van der Waals surface area contributed by atoms with E-state index in [0.29, 0.717) is 11.8 Å². The second kappa shape index (κ2) is 8.35. The minimum atomic E-state index is 0.170. The van der Waals surface area contributed by atoms with Crippen molar-refractivity contribution in [2.24, 2.45) is 11.8 Å². The summed E-state index contributed by atoms with van der Waals surface area (Å²) in [5, 5.41) is 0. The first-order valence-corrected chi connectivity index (χ1v) is 8.45. The molecule has 0 radical (unpaired) electrons. The summed E-state index contributed by atoms with van der Waals surface area (Å²) in [5.41, 5.74) is 0.848. The van der Waals surface area contributed by atoms with Crippen molar-refractivity contribution in [2.45, 2.75) is 39.5 Å². The smallest absolute Gasteiger partial charge is 0.255 e. The molecule has 1 aromatic rings. The molecule has 0 spiro atoms. The summed E-state index contributed by atoms with van der Waals surface area (Å²) in [5.74, 6) is 2.13. The van der Waals surface area contributed by atoms with Crippen molar-refractivity contribution in [1.82, 2.24) is 4.90 Å². The number of amides is 1. The maximum Gasteiger partial charge on any atom is 0.255 e. The third-order valence-electron chi connectivity index (χ3n) is 2.88. The van der Waals surface area contributed by atoms with Gasteiger partial charge < -0.3 is 4.90 Å². The molecule has 2 nitrogen and oxygen atoms in total. The average molecular weight is 293 g/mol. The van der Waals surface area contributed by atoms with Crippen LogP contribution in [0.5, 0.6) is 0 Å². The molecule has 0 aliphatic rings. The van der Waals surface area contributed by atoms with Gasteiger partial charge in [0.1, 0.15) is 0 Å². The first-order valence-electron chi connectivity index (χ1n) is 7.46. The van der Waals surface area contributed by atoms with Gasteiger partial charge in [0.25, 0.3) is 5.91 Å². The number of carbonyl (C=O) groups is 1. The van der Waals surface area contributed by atoms with Crippen LogP contribution in [0.3, 0.4) is 0 Å². The monoisotopic (exact) mass is 293 g/mol. The zero-order valence-corrected chi connectivity index (χ0v) is 14.2. The van der Waals surface area contributed by atoms with Gasteiger partial charge in [-0.3, -0.25) is 4.79 Å². The van der Waals surface area contributed by atoms with Crippen LogP contribution in [0.4, 0.5) is 0 Å². The first-order chi connectivity index (χ1) is 9.45. The number of hydrogen-bond donors (Lipinski definition) is 0. The Labute approximate surface area is 127 Å². The van der Waals surface area contributed by atoms with E-state index in [-0.39, 0.29) is 5.91 Å². The predicted octanol–water partition coefficient (Wildman–Crippen LogP) is 4.55. The van der Waals surface area contributed by atoms with E-state index < -0.39 is 0 Å². The Morgan fingerprint density at radius 3 is 2.15 bits per heavy atom. The number of rotatable bonds is 7. The molecule has 1 rings (SSSR count). The Balaban J connectivity index is 2.98. The Hall–Kier alpha value is -0.960. The van der Waals surface area contributed by atoms with Gasteiger partial charge in [0, 0.05) is 18.0 Å². The third kappa shape index (κ3) is 5.20. The fraction of sp³-hybridized carbons (Fsp3) is 0.588. The highest BCUT2D eigenvalue weighted by molar-refractivity contribution is 7.99. The molecular formula is C17H27NOS. The van der Waals surface area contributed by atoms with Crippen molar-refractivity contribution in [3.63, 3.8) is 0 Å². The van der Waals surface area contributed by atoms with Crippen LogP contribution in [0.25, 0.3) is 0 Å². The lowest BCUT2D eigenvalue weighted by Gasteiger charge is -2.27. The predicted molar refractivity (Wildman–Crippen MR) is 88.4 cm³/mol. The molecule has 0 unspecified atom stereocenters. The summed E-state index contributed by atoms with van der Waals surface area (Å²) >= 11 is 1.74. The molecule has 0 N–H and O–H groups in total. The number of carbonyl (C=O) groups excluding carboxylic acids is 1. The second-order valence-corrected chi connectivity index (χ2v) is 7.23. The van der Waals surface area contributed by atoms with E-state index in [2.05, 4.69) is 34.6 Å². The Kier molecular flexibility index (Phi) is 7.14. The molecule has 0 saturated carbocycles. The highest BCUT2D eigenvalue weighted by Gasteiger charge is 2.20. The molecule has 0 atom stereocenters. The maximum absolute atomic E-state index is 12.8. The molecule has 0 bridgehead atoms. The van der Waals surface area contributed by atoms with Crippen molar-refractivity contribution in [2.75, 3.05) is 18.8 Å². The molecule has 20 heavy (non-hydrogen) atoms. The number of thioether (sulfide) groups is 1. The topological polar surface area (TPSA) is 20.3 Å². The Morgan fingerprint density at radius 1 is 1.10 bits per heavy atom. The van der Waals surface area contributed by atoms with Crippen LogP contribution in [0.15, 0.2) is 29.2 Å². The number of nitrogens with zero attached hydrogens (tertiary/aromatic N) is 1. The first kappa shape index (κ1) is 17.1. The Bertz CT molecular complexity index is 419. The van der Waals surface area contributed by atoms with E-state index in [1.807, 2.05) is 29.2 Å². The number of hydrogen-bond acceptors (Lipinski definition) is 2. The van der Waals surface area contributed by atoms with Gasteiger partial charge in [-0.25, -0.2) is 0 Å². The summed E-state index contributed by atoms with van der Waals surface area (Å²) in [7, 11) is 0. The van der Waals surface area contributed by atoms with Crippen LogP contribution in [0, 0.1) is 11.8 Å². The fourth-order valence-corrected chi connectivity index (χ4v) is 3.01. The maximum atomic E-state index is 12.8. The van der Waals surface area contributed by atoms with Gasteiger partial charge in [0.2, 0.25) is 0 Å². The lowest BCUT2D eigenvalue weighted by molar-refractivity contribution is 0.0711. The van der Waals surface area contributed by atoms with E-state index in [0.717, 1.165) is 29.3 Å². The van der Waals surface area contributed by atoms with Crippen LogP contribution >= 0.6 is 11.8 Å². The van der Waals surface area contributed by atoms with E-state index in [9.17, 15) is 4.79 Å². The van der Waals surface area contributed by atoms with Crippen LogP contribution in [0.2, 0.25) is 0 Å². The molecule has 112 valence electrons. The third-order valence-corrected chi connectivity index (χ3v) is 3.83. The van der Waals surface area contributed by atoms with Crippen LogP contribution in [0.1, 0.15) is 45.0 Å². The second-order valence-electron chi connectivity index (χ2n) is 5.93. The zero-order valence-electron chi connectivity index (χ0n) is 13.3. The standard InChI is InChI=1S/C17H27NOS/c1-6-20-16-10-8-7-9-15(16)17(19)18(11-13(2)3)12-14(4)5/h7-10,13-14H,6,11-12H2,1-5H3.